The van der Waals surface area contributed by atoms with Gasteiger partial charge in [0.15, 0.2) is 0 Å². The van der Waals surface area contributed by atoms with E-state index in [1.165, 1.54) is 12.1 Å². The van der Waals surface area contributed by atoms with Crippen molar-refractivity contribution >= 4 is 29.0 Å². The summed E-state index contributed by atoms with van der Waals surface area (Å²) in [4.78, 5) is 4.23. The second kappa shape index (κ2) is 6.48. The van der Waals surface area contributed by atoms with Crippen molar-refractivity contribution in [1.29, 1.82) is 5.26 Å². The van der Waals surface area contributed by atoms with E-state index in [9.17, 15) is 9.65 Å². The molecule has 0 bridgehead atoms. The Bertz CT molecular complexity index is 960. The highest BCUT2D eigenvalue weighted by atomic mass is 35.5. The largest absolute Gasteiger partial charge is 0.383 e. The third kappa shape index (κ3) is 2.80. The van der Waals surface area contributed by atoms with Gasteiger partial charge in [-0.25, -0.2) is 9.37 Å². The maximum absolute atomic E-state index is 14.3. The summed E-state index contributed by atoms with van der Waals surface area (Å²) in [6, 6.07) is 14.9. The van der Waals surface area contributed by atoms with Crippen LogP contribution < -0.4 is 5.73 Å². The van der Waals surface area contributed by atoms with Crippen LogP contribution in [0, 0.1) is 17.1 Å². The summed E-state index contributed by atoms with van der Waals surface area (Å²) in [6.07, 6.45) is 0. The number of pyridine rings is 1. The van der Waals surface area contributed by atoms with Crippen LogP contribution in [0.2, 0.25) is 10.0 Å². The molecule has 1 aromatic heterocycles. The summed E-state index contributed by atoms with van der Waals surface area (Å²) in [5.74, 6) is -0.557. The number of nitriles is 1. The molecule has 0 saturated carbocycles. The molecule has 0 atom stereocenters. The SMILES string of the molecule is N#Cc1c(-c2c(F)cccc2Cl)cc(-c2ccccc2Cl)nc1N. The number of hydrogen-bond acceptors (Lipinski definition) is 3. The van der Waals surface area contributed by atoms with Crippen LogP contribution in [-0.4, -0.2) is 4.98 Å². The summed E-state index contributed by atoms with van der Waals surface area (Å²) in [7, 11) is 0. The van der Waals surface area contributed by atoms with Crippen molar-refractivity contribution in [2.24, 2.45) is 0 Å². The molecule has 0 aliphatic heterocycles. The van der Waals surface area contributed by atoms with Gasteiger partial charge in [0.25, 0.3) is 0 Å². The summed E-state index contributed by atoms with van der Waals surface area (Å²) in [5, 5.41) is 10.1. The Morgan fingerprint density at radius 1 is 1.00 bits per heavy atom. The van der Waals surface area contributed by atoms with Gasteiger partial charge in [-0.15, -0.1) is 0 Å². The zero-order valence-electron chi connectivity index (χ0n) is 12.2. The first-order valence-electron chi connectivity index (χ1n) is 6.93. The summed E-state index contributed by atoms with van der Waals surface area (Å²) in [5.41, 5.74) is 7.44. The predicted octanol–water partition coefficient (Wildman–Crippen LogP) is 5.32. The normalized spacial score (nSPS) is 10.4. The van der Waals surface area contributed by atoms with Crippen molar-refractivity contribution in [3.8, 4) is 28.5 Å². The molecular formula is C18H10Cl2FN3. The lowest BCUT2D eigenvalue weighted by atomic mass is 9.98. The van der Waals surface area contributed by atoms with Crippen molar-refractivity contribution in [2.45, 2.75) is 0 Å². The third-order valence-corrected chi connectivity index (χ3v) is 4.19. The van der Waals surface area contributed by atoms with Crippen LogP contribution in [-0.2, 0) is 0 Å². The number of nitrogen functional groups attached to an aromatic ring is 1. The number of nitrogens with zero attached hydrogens (tertiary/aromatic N) is 2. The lowest BCUT2D eigenvalue weighted by molar-refractivity contribution is 0.631. The van der Waals surface area contributed by atoms with Gasteiger partial charge in [0, 0.05) is 21.7 Å². The van der Waals surface area contributed by atoms with Crippen molar-refractivity contribution in [3.63, 3.8) is 0 Å². The topological polar surface area (TPSA) is 62.7 Å². The molecule has 2 aromatic carbocycles. The Labute approximate surface area is 148 Å². The van der Waals surface area contributed by atoms with Crippen LogP contribution in [0.4, 0.5) is 10.2 Å². The van der Waals surface area contributed by atoms with Gasteiger partial charge in [-0.2, -0.15) is 5.26 Å². The number of rotatable bonds is 2. The van der Waals surface area contributed by atoms with E-state index in [1.807, 2.05) is 6.07 Å². The lowest BCUT2D eigenvalue weighted by Crippen LogP contribution is -2.01. The molecule has 118 valence electrons. The summed E-state index contributed by atoms with van der Waals surface area (Å²) in [6.45, 7) is 0. The highest BCUT2D eigenvalue weighted by Gasteiger charge is 2.19. The minimum Gasteiger partial charge on any atom is -0.383 e. The van der Waals surface area contributed by atoms with E-state index in [-0.39, 0.29) is 27.5 Å². The molecule has 0 amide bonds. The van der Waals surface area contributed by atoms with E-state index in [2.05, 4.69) is 4.98 Å². The van der Waals surface area contributed by atoms with Crippen LogP contribution in [0.25, 0.3) is 22.4 Å². The lowest BCUT2D eigenvalue weighted by Gasteiger charge is -2.12. The third-order valence-electron chi connectivity index (χ3n) is 3.54. The van der Waals surface area contributed by atoms with Crippen molar-refractivity contribution < 1.29 is 4.39 Å². The van der Waals surface area contributed by atoms with E-state index in [1.54, 1.807) is 36.4 Å². The van der Waals surface area contributed by atoms with Crippen molar-refractivity contribution in [3.05, 3.63) is 70.0 Å². The van der Waals surface area contributed by atoms with Gasteiger partial charge in [0.1, 0.15) is 23.3 Å². The molecule has 0 aliphatic rings. The Balaban J connectivity index is 2.34. The monoisotopic (exact) mass is 357 g/mol. The molecule has 6 heteroatoms. The van der Waals surface area contributed by atoms with E-state index >= 15 is 0 Å². The number of hydrogen-bond donors (Lipinski definition) is 1. The molecular weight excluding hydrogens is 348 g/mol. The van der Waals surface area contributed by atoms with E-state index in [0.717, 1.165) is 0 Å². The Morgan fingerprint density at radius 2 is 1.71 bits per heavy atom. The number of halogens is 3. The van der Waals surface area contributed by atoms with Gasteiger partial charge in [0.05, 0.1) is 10.7 Å². The Morgan fingerprint density at radius 3 is 2.38 bits per heavy atom. The number of aromatic nitrogens is 1. The fraction of sp³-hybridized carbons (Fsp3) is 0. The van der Waals surface area contributed by atoms with E-state index < -0.39 is 5.82 Å². The number of benzene rings is 2. The molecule has 0 radical (unpaired) electrons. The van der Waals surface area contributed by atoms with Crippen LogP contribution in [0.3, 0.4) is 0 Å². The van der Waals surface area contributed by atoms with Gasteiger partial charge in [0.2, 0.25) is 0 Å². The highest BCUT2D eigenvalue weighted by Crippen LogP contribution is 2.37. The van der Waals surface area contributed by atoms with Crippen LogP contribution in [0.1, 0.15) is 5.56 Å². The van der Waals surface area contributed by atoms with Crippen molar-refractivity contribution in [2.75, 3.05) is 5.73 Å². The molecule has 3 aromatic rings. The smallest absolute Gasteiger partial charge is 0.142 e. The van der Waals surface area contributed by atoms with E-state index in [0.29, 0.717) is 16.3 Å². The Hall–Kier alpha value is -2.61. The van der Waals surface area contributed by atoms with Crippen LogP contribution >= 0.6 is 23.2 Å². The molecule has 2 N–H and O–H groups in total. The quantitative estimate of drug-likeness (QED) is 0.675. The first-order valence-corrected chi connectivity index (χ1v) is 7.68. The van der Waals surface area contributed by atoms with E-state index in [4.69, 9.17) is 28.9 Å². The zero-order valence-corrected chi connectivity index (χ0v) is 13.7. The molecule has 3 rings (SSSR count). The predicted molar refractivity (Wildman–Crippen MR) is 94.2 cm³/mol. The van der Waals surface area contributed by atoms with Crippen LogP contribution in [0.5, 0.6) is 0 Å². The molecule has 0 fully saturated rings. The number of anilines is 1. The first kappa shape index (κ1) is 16.3. The minimum atomic E-state index is -0.547. The molecule has 0 saturated heterocycles. The number of nitrogens with two attached hydrogens (primary N) is 1. The average molecular weight is 358 g/mol. The van der Waals surface area contributed by atoms with Gasteiger partial charge >= 0.3 is 0 Å². The van der Waals surface area contributed by atoms with Crippen LogP contribution in [0.15, 0.2) is 48.5 Å². The zero-order chi connectivity index (χ0) is 17.3. The molecule has 3 nitrogen and oxygen atoms in total. The molecule has 1 heterocycles. The standard InChI is InChI=1S/C18H10Cl2FN3/c19-13-5-2-1-4-10(13)16-8-11(12(9-22)18(23)24-16)17-14(20)6-3-7-15(17)21/h1-8H,(H2,23,24). The van der Waals surface area contributed by atoms with Gasteiger partial charge in [-0.05, 0) is 24.3 Å². The van der Waals surface area contributed by atoms with Gasteiger partial charge < -0.3 is 5.73 Å². The second-order valence-electron chi connectivity index (χ2n) is 5.00. The molecule has 24 heavy (non-hydrogen) atoms. The fourth-order valence-electron chi connectivity index (χ4n) is 2.44. The highest BCUT2D eigenvalue weighted by molar-refractivity contribution is 6.34. The second-order valence-corrected chi connectivity index (χ2v) is 5.82. The Kier molecular flexibility index (Phi) is 4.39. The minimum absolute atomic E-state index is 0.00996. The average Bonchev–Trinajstić information content (AvgIpc) is 2.55. The van der Waals surface area contributed by atoms with Gasteiger partial charge in [-0.1, -0.05) is 47.5 Å². The summed E-state index contributed by atoms with van der Waals surface area (Å²) < 4.78 is 14.3. The maximum atomic E-state index is 14.3. The molecule has 0 aliphatic carbocycles. The molecule has 0 unspecified atom stereocenters. The first-order chi connectivity index (χ1) is 11.5. The maximum Gasteiger partial charge on any atom is 0.142 e. The summed E-state index contributed by atoms with van der Waals surface area (Å²) >= 11 is 12.3. The molecule has 0 spiro atoms. The van der Waals surface area contributed by atoms with Crippen molar-refractivity contribution in [1.82, 2.24) is 4.98 Å². The fourth-order valence-corrected chi connectivity index (χ4v) is 2.94. The van der Waals surface area contributed by atoms with Gasteiger partial charge in [-0.3, -0.25) is 0 Å².